The van der Waals surface area contributed by atoms with Crippen LogP contribution in [0.5, 0.6) is 11.5 Å². The van der Waals surface area contributed by atoms with Crippen molar-refractivity contribution in [1.82, 2.24) is 10.3 Å². The van der Waals surface area contributed by atoms with E-state index < -0.39 is 0 Å². The van der Waals surface area contributed by atoms with Crippen molar-refractivity contribution in [3.63, 3.8) is 0 Å². The van der Waals surface area contributed by atoms with Gasteiger partial charge in [0.25, 0.3) is 5.91 Å². The van der Waals surface area contributed by atoms with Crippen LogP contribution < -0.4 is 14.8 Å². The van der Waals surface area contributed by atoms with Crippen molar-refractivity contribution in [2.75, 3.05) is 20.3 Å². The van der Waals surface area contributed by atoms with Crippen LogP contribution in [0.15, 0.2) is 42.6 Å². The maximum atomic E-state index is 11.9. The van der Waals surface area contributed by atoms with Gasteiger partial charge in [0.2, 0.25) is 0 Å². The molecule has 0 saturated heterocycles. The lowest BCUT2D eigenvalue weighted by molar-refractivity contribution is 0.0958. The van der Waals surface area contributed by atoms with Crippen LogP contribution in [0.3, 0.4) is 0 Å². The maximum absolute atomic E-state index is 11.9. The summed E-state index contributed by atoms with van der Waals surface area (Å²) in [6, 6.07) is 10.6. The number of nitrogens with zero attached hydrogens (tertiary/aromatic N) is 1. The summed E-state index contributed by atoms with van der Waals surface area (Å²) in [7, 11) is 1.58. The smallest absolute Gasteiger partial charge is 0.252 e. The highest BCUT2D eigenvalue weighted by atomic mass is 16.5. The summed E-state index contributed by atoms with van der Waals surface area (Å²) in [6.45, 7) is 2.43. The lowest BCUT2D eigenvalue weighted by Gasteiger charge is -2.03. The Kier molecular flexibility index (Phi) is 6.01. The molecule has 1 heterocycles. The third-order valence-electron chi connectivity index (χ3n) is 3.01. The van der Waals surface area contributed by atoms with Gasteiger partial charge in [-0.05, 0) is 43.3 Å². The Balaban J connectivity index is 1.72. The molecule has 0 aliphatic carbocycles. The first-order chi connectivity index (χ1) is 11.2. The number of rotatable bonds is 5. The van der Waals surface area contributed by atoms with Crippen molar-refractivity contribution in [3.8, 4) is 23.3 Å². The van der Waals surface area contributed by atoms with Gasteiger partial charge in [-0.3, -0.25) is 9.78 Å². The molecule has 1 N–H and O–H groups in total. The first kappa shape index (κ1) is 16.4. The first-order valence-electron chi connectivity index (χ1n) is 7.12. The van der Waals surface area contributed by atoms with E-state index in [2.05, 4.69) is 22.1 Å². The molecule has 0 radical (unpaired) electrons. The van der Waals surface area contributed by atoms with Crippen molar-refractivity contribution in [1.29, 1.82) is 0 Å². The summed E-state index contributed by atoms with van der Waals surface area (Å²) in [5, 5.41) is 2.72. The van der Waals surface area contributed by atoms with Crippen molar-refractivity contribution in [2.24, 2.45) is 0 Å². The van der Waals surface area contributed by atoms with Gasteiger partial charge in [-0.2, -0.15) is 0 Å². The van der Waals surface area contributed by atoms with Crippen molar-refractivity contribution in [3.05, 3.63) is 53.9 Å². The Labute approximate surface area is 135 Å². The first-order valence-corrected chi connectivity index (χ1v) is 7.12. The van der Waals surface area contributed by atoms with Gasteiger partial charge in [0.1, 0.15) is 18.1 Å². The lowest BCUT2D eigenvalue weighted by atomic mass is 10.2. The average molecular weight is 310 g/mol. The van der Waals surface area contributed by atoms with E-state index in [-0.39, 0.29) is 19.1 Å². The number of methoxy groups -OCH3 is 1. The molecule has 0 aliphatic heterocycles. The summed E-state index contributed by atoms with van der Waals surface area (Å²) in [4.78, 5) is 16.0. The van der Waals surface area contributed by atoms with Gasteiger partial charge < -0.3 is 14.8 Å². The molecule has 1 aromatic heterocycles. The second-order valence-corrected chi connectivity index (χ2v) is 4.69. The highest BCUT2D eigenvalue weighted by molar-refractivity contribution is 5.94. The zero-order valence-electron chi connectivity index (χ0n) is 13.1. The van der Waals surface area contributed by atoms with Crippen molar-refractivity contribution >= 4 is 5.91 Å². The van der Waals surface area contributed by atoms with E-state index in [0.717, 1.165) is 5.69 Å². The number of benzene rings is 1. The second-order valence-electron chi connectivity index (χ2n) is 4.69. The predicted molar refractivity (Wildman–Crippen MR) is 87.6 cm³/mol. The molecule has 0 aliphatic rings. The number of nitrogens with one attached hydrogen (secondary N) is 1. The molecule has 2 rings (SSSR count). The van der Waals surface area contributed by atoms with Gasteiger partial charge in [0, 0.05) is 11.3 Å². The highest BCUT2D eigenvalue weighted by Crippen LogP contribution is 2.11. The quantitative estimate of drug-likeness (QED) is 0.860. The molecule has 23 heavy (non-hydrogen) atoms. The van der Waals surface area contributed by atoms with Crippen LogP contribution in [-0.2, 0) is 0 Å². The van der Waals surface area contributed by atoms with Gasteiger partial charge in [0.15, 0.2) is 0 Å². The standard InChI is InChI=1S/C18H18N2O3/c1-14-5-8-17(13-20-14)23-12-4-3-11-19-18(21)15-6-9-16(22-2)10-7-15/h5-10,13H,11-12H2,1-2H3,(H,19,21). The molecule has 0 saturated carbocycles. The third kappa shape index (κ3) is 5.36. The fourth-order valence-electron chi connectivity index (χ4n) is 1.74. The lowest BCUT2D eigenvalue weighted by Crippen LogP contribution is -2.23. The van der Waals surface area contributed by atoms with E-state index in [4.69, 9.17) is 9.47 Å². The predicted octanol–water partition coefficient (Wildman–Crippen LogP) is 2.21. The van der Waals surface area contributed by atoms with Gasteiger partial charge in [-0.15, -0.1) is 0 Å². The Bertz CT molecular complexity index is 698. The van der Waals surface area contributed by atoms with Crippen molar-refractivity contribution < 1.29 is 14.3 Å². The molecule has 5 nitrogen and oxygen atoms in total. The average Bonchev–Trinajstić information content (AvgIpc) is 2.59. The number of hydrogen-bond acceptors (Lipinski definition) is 4. The number of carbonyl (C=O) groups excluding carboxylic acids is 1. The van der Waals surface area contributed by atoms with Crippen LogP contribution in [0.4, 0.5) is 0 Å². The van der Waals surface area contributed by atoms with Crippen LogP contribution in [0.1, 0.15) is 16.1 Å². The molecule has 2 aromatic rings. The Hall–Kier alpha value is -3.00. The maximum Gasteiger partial charge on any atom is 0.252 e. The van der Waals surface area contributed by atoms with Crippen molar-refractivity contribution in [2.45, 2.75) is 6.92 Å². The zero-order chi connectivity index (χ0) is 16.5. The van der Waals surface area contributed by atoms with Gasteiger partial charge >= 0.3 is 0 Å². The van der Waals surface area contributed by atoms with Crippen LogP contribution >= 0.6 is 0 Å². The van der Waals surface area contributed by atoms with E-state index in [1.165, 1.54) is 0 Å². The summed E-state index contributed by atoms with van der Waals surface area (Å²) in [6.07, 6.45) is 1.66. The van der Waals surface area contributed by atoms with E-state index in [1.54, 1.807) is 37.6 Å². The molecular weight excluding hydrogens is 292 g/mol. The molecular formula is C18H18N2O3. The molecule has 1 amide bonds. The van der Waals surface area contributed by atoms with Crippen LogP contribution in [0, 0.1) is 18.8 Å². The zero-order valence-corrected chi connectivity index (χ0v) is 13.1. The highest BCUT2D eigenvalue weighted by Gasteiger charge is 2.03. The number of aryl methyl sites for hydroxylation is 1. The molecule has 118 valence electrons. The number of pyridine rings is 1. The number of carbonyl (C=O) groups is 1. The largest absolute Gasteiger partial charge is 0.497 e. The minimum absolute atomic E-state index is 0.175. The number of hydrogen-bond donors (Lipinski definition) is 1. The van der Waals surface area contributed by atoms with Crippen LogP contribution in [-0.4, -0.2) is 31.2 Å². The molecule has 0 unspecified atom stereocenters. The normalized spacial score (nSPS) is 9.48. The minimum atomic E-state index is -0.175. The minimum Gasteiger partial charge on any atom is -0.497 e. The molecule has 0 spiro atoms. The molecule has 5 heteroatoms. The molecule has 1 aromatic carbocycles. The van der Waals surface area contributed by atoms with Crippen LogP contribution in [0.2, 0.25) is 0 Å². The van der Waals surface area contributed by atoms with E-state index in [0.29, 0.717) is 17.1 Å². The second kappa shape index (κ2) is 8.44. The molecule has 0 atom stereocenters. The number of ether oxygens (including phenoxy) is 2. The summed E-state index contributed by atoms with van der Waals surface area (Å²) < 4.78 is 10.5. The van der Waals surface area contributed by atoms with Gasteiger partial charge in [-0.25, -0.2) is 0 Å². The summed E-state index contributed by atoms with van der Waals surface area (Å²) in [5.74, 6) is 6.89. The molecule has 0 bridgehead atoms. The molecule has 0 fully saturated rings. The number of amides is 1. The Morgan fingerprint density at radius 3 is 2.52 bits per heavy atom. The van der Waals surface area contributed by atoms with E-state index in [1.807, 2.05) is 19.1 Å². The van der Waals surface area contributed by atoms with Gasteiger partial charge in [0.05, 0.1) is 19.9 Å². The third-order valence-corrected chi connectivity index (χ3v) is 3.01. The summed E-state index contributed by atoms with van der Waals surface area (Å²) in [5.41, 5.74) is 1.50. The van der Waals surface area contributed by atoms with E-state index in [9.17, 15) is 4.79 Å². The SMILES string of the molecule is COc1ccc(C(=O)NCC#CCOc2ccc(C)nc2)cc1. The van der Waals surface area contributed by atoms with Crippen LogP contribution in [0.25, 0.3) is 0 Å². The van der Waals surface area contributed by atoms with Gasteiger partial charge in [-0.1, -0.05) is 11.8 Å². The Morgan fingerprint density at radius 1 is 1.13 bits per heavy atom. The summed E-state index contributed by atoms with van der Waals surface area (Å²) >= 11 is 0. The fraction of sp³-hybridized carbons (Fsp3) is 0.222. The monoisotopic (exact) mass is 310 g/mol. The fourth-order valence-corrected chi connectivity index (χ4v) is 1.74. The topological polar surface area (TPSA) is 60.5 Å². The number of aromatic nitrogens is 1. The Morgan fingerprint density at radius 2 is 1.87 bits per heavy atom. The van der Waals surface area contributed by atoms with E-state index >= 15 is 0 Å².